The van der Waals surface area contributed by atoms with Crippen LogP contribution < -0.4 is 5.84 Å². The van der Waals surface area contributed by atoms with Crippen LogP contribution in [0.1, 0.15) is 11.1 Å². The van der Waals surface area contributed by atoms with Gasteiger partial charge in [0.25, 0.3) is 0 Å². The van der Waals surface area contributed by atoms with E-state index < -0.39 is 0 Å². The molecular weight excluding hydrogens is 186 g/mol. The number of hydrogen-bond acceptors (Lipinski definition) is 2. The van der Waals surface area contributed by atoms with E-state index in [0.717, 1.165) is 0 Å². The van der Waals surface area contributed by atoms with Crippen LogP contribution in [0.25, 0.3) is 10.8 Å². The second kappa shape index (κ2) is 4.09. The first-order valence-corrected chi connectivity index (χ1v) is 4.86. The molecule has 3 heteroatoms. The molecule has 0 aliphatic rings. The summed E-state index contributed by atoms with van der Waals surface area (Å²) in [6.45, 7) is 2.63. The fourth-order valence-corrected chi connectivity index (χ4v) is 1.69. The lowest BCUT2D eigenvalue weighted by Crippen LogP contribution is -1.88. The van der Waals surface area contributed by atoms with Crippen molar-refractivity contribution in [2.45, 2.75) is 13.5 Å². The van der Waals surface area contributed by atoms with Gasteiger partial charge in [-0.15, -0.1) is 0 Å². The Labute approximate surface area is 88.6 Å². The van der Waals surface area contributed by atoms with Gasteiger partial charge in [0.1, 0.15) is 0 Å². The van der Waals surface area contributed by atoms with Crippen LogP contribution in [0.4, 0.5) is 0 Å². The Kier molecular flexibility index (Phi) is 2.63. The maximum Gasteiger partial charge on any atom is 0.0873 e. The molecule has 0 fully saturated rings. The number of nitrogens with zero attached hydrogens (tertiary/aromatic N) is 2. The van der Waals surface area contributed by atoms with E-state index in [1.165, 1.54) is 21.9 Å². The second-order valence-electron chi connectivity index (χ2n) is 3.54. The maximum absolute atomic E-state index is 5.00. The fourth-order valence-electron chi connectivity index (χ4n) is 1.69. The van der Waals surface area contributed by atoms with Crippen LogP contribution in [0.2, 0.25) is 0 Å². The first-order valence-electron chi connectivity index (χ1n) is 4.86. The van der Waals surface area contributed by atoms with Crippen LogP contribution >= 0.6 is 0 Å². The molecule has 2 rings (SSSR count). The summed E-state index contributed by atoms with van der Waals surface area (Å²) in [6.07, 6.45) is 0. The molecule has 15 heavy (non-hydrogen) atoms. The normalized spacial score (nSPS) is 11.3. The van der Waals surface area contributed by atoms with Crippen molar-refractivity contribution in [3.63, 3.8) is 0 Å². The maximum atomic E-state index is 5.00. The first-order chi connectivity index (χ1) is 7.31. The molecule has 0 unspecified atom stereocenters. The monoisotopic (exact) mass is 199 g/mol. The van der Waals surface area contributed by atoms with Gasteiger partial charge in [-0.3, -0.25) is 0 Å². The summed E-state index contributed by atoms with van der Waals surface area (Å²) in [5.41, 5.74) is 2.39. The Morgan fingerprint density at radius 1 is 1.13 bits per heavy atom. The zero-order valence-electron chi connectivity index (χ0n) is 8.64. The minimum Gasteiger partial charge on any atom is -0.305 e. The van der Waals surface area contributed by atoms with E-state index in [1.54, 1.807) is 0 Å². The average molecular weight is 199 g/mol. The van der Waals surface area contributed by atoms with Gasteiger partial charge in [0.15, 0.2) is 0 Å². The summed E-state index contributed by atoms with van der Waals surface area (Å²) in [6, 6.07) is 12.6. The predicted molar refractivity (Wildman–Crippen MR) is 61.4 cm³/mol. The van der Waals surface area contributed by atoms with E-state index in [0.29, 0.717) is 6.54 Å². The lowest BCUT2D eigenvalue weighted by Gasteiger charge is -2.05. The third kappa shape index (κ3) is 1.96. The van der Waals surface area contributed by atoms with E-state index in [4.69, 9.17) is 5.84 Å². The Bertz CT molecular complexity index is 503. The quantitative estimate of drug-likeness (QED) is 0.451. The molecule has 2 aromatic rings. The molecule has 0 aromatic heterocycles. The van der Waals surface area contributed by atoms with Crippen molar-refractivity contribution in [2.75, 3.05) is 0 Å². The van der Waals surface area contributed by atoms with Crippen molar-refractivity contribution in [3.8, 4) is 0 Å². The highest BCUT2D eigenvalue weighted by atomic mass is 15.3. The molecular formula is C12H13N3. The van der Waals surface area contributed by atoms with Gasteiger partial charge in [0, 0.05) is 0 Å². The van der Waals surface area contributed by atoms with Gasteiger partial charge in [0.05, 0.1) is 6.54 Å². The van der Waals surface area contributed by atoms with Gasteiger partial charge < -0.3 is 5.84 Å². The smallest absolute Gasteiger partial charge is 0.0873 e. The zero-order valence-corrected chi connectivity index (χ0v) is 8.64. The van der Waals surface area contributed by atoms with Crippen LogP contribution in [-0.2, 0) is 6.54 Å². The molecule has 0 amide bonds. The van der Waals surface area contributed by atoms with E-state index in [-0.39, 0.29) is 0 Å². The summed E-state index contributed by atoms with van der Waals surface area (Å²) in [7, 11) is 0. The van der Waals surface area contributed by atoms with Crippen LogP contribution in [0.15, 0.2) is 46.7 Å². The van der Waals surface area contributed by atoms with Crippen molar-refractivity contribution < 1.29 is 0 Å². The van der Waals surface area contributed by atoms with Crippen molar-refractivity contribution >= 4 is 10.8 Å². The van der Waals surface area contributed by atoms with Crippen LogP contribution in [0.3, 0.4) is 0 Å². The Morgan fingerprint density at radius 3 is 2.47 bits per heavy atom. The number of fused-ring (bicyclic) bond motifs is 1. The van der Waals surface area contributed by atoms with E-state index in [2.05, 4.69) is 41.5 Å². The molecule has 0 heterocycles. The molecule has 2 aromatic carbocycles. The van der Waals surface area contributed by atoms with Crippen LogP contribution in [0.5, 0.6) is 0 Å². The lowest BCUT2D eigenvalue weighted by atomic mass is 10.0. The molecule has 0 radical (unpaired) electrons. The van der Waals surface area contributed by atoms with Crippen LogP contribution in [0, 0.1) is 6.92 Å². The van der Waals surface area contributed by atoms with Gasteiger partial charge in [-0.2, -0.15) is 5.11 Å². The summed E-state index contributed by atoms with van der Waals surface area (Å²) in [5, 5.41) is 9.57. The van der Waals surface area contributed by atoms with Gasteiger partial charge in [-0.05, 0) is 34.9 Å². The van der Waals surface area contributed by atoms with Crippen molar-refractivity contribution in [3.05, 3.63) is 47.5 Å². The Morgan fingerprint density at radius 2 is 1.80 bits per heavy atom. The number of hydrogen-bond donors (Lipinski definition) is 1. The van der Waals surface area contributed by atoms with Crippen LogP contribution in [-0.4, -0.2) is 0 Å². The fraction of sp³-hybridized carbons (Fsp3) is 0.167. The second-order valence-corrected chi connectivity index (χ2v) is 3.54. The van der Waals surface area contributed by atoms with Crippen molar-refractivity contribution in [1.82, 2.24) is 0 Å². The largest absolute Gasteiger partial charge is 0.305 e. The number of nitrogens with two attached hydrogens (primary N) is 1. The molecule has 0 saturated heterocycles. The van der Waals surface area contributed by atoms with Gasteiger partial charge >= 0.3 is 0 Å². The molecule has 2 N–H and O–H groups in total. The summed E-state index contributed by atoms with van der Waals surface area (Å²) >= 11 is 0. The molecule has 0 aliphatic carbocycles. The molecule has 3 nitrogen and oxygen atoms in total. The van der Waals surface area contributed by atoms with Crippen molar-refractivity contribution in [2.24, 2.45) is 16.2 Å². The number of aryl methyl sites for hydroxylation is 1. The SMILES string of the molecule is Cc1cc2ccccc2cc1CN=NN. The lowest BCUT2D eigenvalue weighted by molar-refractivity contribution is 0.888. The zero-order chi connectivity index (χ0) is 10.7. The third-order valence-corrected chi connectivity index (χ3v) is 2.53. The molecule has 0 aliphatic heterocycles. The minimum absolute atomic E-state index is 0.549. The standard InChI is InChI=1S/C12H13N3/c1-9-6-10-4-2-3-5-11(10)7-12(9)8-14-15-13/h2-7H,8H2,1H3,(H2,13,14). The minimum atomic E-state index is 0.549. The molecule has 0 bridgehead atoms. The highest BCUT2D eigenvalue weighted by Gasteiger charge is 2.00. The summed E-state index contributed by atoms with van der Waals surface area (Å²) in [5.74, 6) is 5.00. The van der Waals surface area contributed by atoms with Gasteiger partial charge in [0.2, 0.25) is 0 Å². The highest BCUT2D eigenvalue weighted by Crippen LogP contribution is 2.20. The average Bonchev–Trinajstić information content (AvgIpc) is 2.26. The molecule has 76 valence electrons. The van der Waals surface area contributed by atoms with Crippen molar-refractivity contribution in [1.29, 1.82) is 0 Å². The number of rotatable bonds is 2. The molecule has 0 spiro atoms. The summed E-state index contributed by atoms with van der Waals surface area (Å²) in [4.78, 5) is 0. The topological polar surface area (TPSA) is 50.7 Å². The Balaban J connectivity index is 2.51. The summed E-state index contributed by atoms with van der Waals surface area (Å²) < 4.78 is 0. The number of benzene rings is 2. The molecule has 0 atom stereocenters. The van der Waals surface area contributed by atoms with Gasteiger partial charge in [-0.25, -0.2) is 0 Å². The van der Waals surface area contributed by atoms with E-state index in [9.17, 15) is 0 Å². The first kappa shape index (κ1) is 9.65. The third-order valence-electron chi connectivity index (χ3n) is 2.53. The van der Waals surface area contributed by atoms with Gasteiger partial charge in [-0.1, -0.05) is 35.6 Å². The predicted octanol–water partition coefficient (Wildman–Crippen LogP) is 2.97. The van der Waals surface area contributed by atoms with E-state index >= 15 is 0 Å². The highest BCUT2D eigenvalue weighted by molar-refractivity contribution is 5.83. The Hall–Kier alpha value is -1.90. The molecule has 0 saturated carbocycles. The van der Waals surface area contributed by atoms with E-state index in [1.807, 2.05) is 12.1 Å².